The Bertz CT molecular complexity index is 628. The molecular weight excluding hydrogens is 300 g/mol. The molecule has 0 radical (unpaired) electrons. The van der Waals surface area contributed by atoms with E-state index in [0.29, 0.717) is 12.1 Å². The fraction of sp³-hybridized carbons (Fsp3) is 0. The summed E-state index contributed by atoms with van der Waals surface area (Å²) in [6.45, 7) is 0. The maximum absolute atomic E-state index is 13.1. The van der Waals surface area contributed by atoms with Gasteiger partial charge in [0.2, 0.25) is 0 Å². The van der Waals surface area contributed by atoms with Crippen molar-refractivity contribution in [2.75, 3.05) is 0 Å². The third-order valence-electron chi connectivity index (χ3n) is 2.37. The van der Waals surface area contributed by atoms with Crippen LogP contribution in [0.15, 0.2) is 30.3 Å². The number of carbonyl (C=O) groups excluding carboxylic acids is 1. The molecule has 6 heteroatoms. The van der Waals surface area contributed by atoms with E-state index in [1.54, 1.807) is 0 Å². The Balaban J connectivity index is 2.50. The Labute approximate surface area is 116 Å². The van der Waals surface area contributed by atoms with Crippen LogP contribution in [0, 0.1) is 17.5 Å². The lowest BCUT2D eigenvalue weighted by atomic mass is 10.0. The van der Waals surface area contributed by atoms with E-state index in [4.69, 9.17) is 23.2 Å². The van der Waals surface area contributed by atoms with Gasteiger partial charge in [0.1, 0.15) is 0 Å². The number of halogens is 5. The van der Waals surface area contributed by atoms with Gasteiger partial charge in [0.05, 0.1) is 0 Å². The average molecular weight is 305 g/mol. The van der Waals surface area contributed by atoms with Crippen molar-refractivity contribution in [2.24, 2.45) is 0 Å². The van der Waals surface area contributed by atoms with Gasteiger partial charge in [0.15, 0.2) is 23.2 Å². The molecule has 0 N–H and O–H groups in total. The minimum absolute atomic E-state index is 0.0582. The van der Waals surface area contributed by atoms with Crippen LogP contribution in [0.5, 0.6) is 0 Å². The van der Waals surface area contributed by atoms with Gasteiger partial charge >= 0.3 is 0 Å². The third kappa shape index (κ3) is 2.91. The Morgan fingerprint density at radius 2 is 1.21 bits per heavy atom. The number of rotatable bonds is 2. The van der Waals surface area contributed by atoms with Gasteiger partial charge in [-0.05, 0) is 30.3 Å². The number of hydrogen-bond donors (Lipinski definition) is 0. The monoisotopic (exact) mass is 304 g/mol. The standard InChI is InChI=1S/C13H5Cl2F3O/c14-8-1-6(2-9(15)5-8)13(19)7-3-10(16)12(18)11(17)4-7/h1-5H. The first-order valence-corrected chi connectivity index (χ1v) is 5.79. The van der Waals surface area contributed by atoms with E-state index < -0.39 is 23.2 Å². The van der Waals surface area contributed by atoms with Gasteiger partial charge in [-0.1, -0.05) is 23.2 Å². The van der Waals surface area contributed by atoms with Crippen molar-refractivity contribution in [3.05, 3.63) is 69.0 Å². The first-order valence-electron chi connectivity index (χ1n) is 5.04. The summed E-state index contributed by atoms with van der Waals surface area (Å²) in [6.07, 6.45) is 0. The molecular formula is C13H5Cl2F3O. The lowest BCUT2D eigenvalue weighted by Gasteiger charge is -2.04. The van der Waals surface area contributed by atoms with Gasteiger partial charge < -0.3 is 0 Å². The molecule has 98 valence electrons. The molecule has 0 heterocycles. The van der Waals surface area contributed by atoms with E-state index in [-0.39, 0.29) is 21.2 Å². The Hall–Kier alpha value is -1.52. The van der Waals surface area contributed by atoms with E-state index in [1.165, 1.54) is 18.2 Å². The predicted molar refractivity (Wildman–Crippen MR) is 66.2 cm³/mol. The van der Waals surface area contributed by atoms with Gasteiger partial charge in [0, 0.05) is 21.2 Å². The van der Waals surface area contributed by atoms with Gasteiger partial charge in [-0.15, -0.1) is 0 Å². The maximum Gasteiger partial charge on any atom is 0.194 e. The number of ketones is 1. The van der Waals surface area contributed by atoms with Crippen LogP contribution in [0.25, 0.3) is 0 Å². The minimum atomic E-state index is -1.62. The largest absolute Gasteiger partial charge is 0.289 e. The minimum Gasteiger partial charge on any atom is -0.289 e. The highest BCUT2D eigenvalue weighted by atomic mass is 35.5. The first kappa shape index (κ1) is 13.9. The van der Waals surface area contributed by atoms with E-state index in [1.807, 2.05) is 0 Å². The topological polar surface area (TPSA) is 17.1 Å². The molecule has 0 aliphatic rings. The number of benzene rings is 2. The SMILES string of the molecule is O=C(c1cc(Cl)cc(Cl)c1)c1cc(F)c(F)c(F)c1. The molecule has 0 saturated heterocycles. The van der Waals surface area contributed by atoms with Crippen molar-refractivity contribution in [3.63, 3.8) is 0 Å². The maximum atomic E-state index is 13.1. The molecule has 1 nitrogen and oxygen atoms in total. The van der Waals surface area contributed by atoms with Crippen molar-refractivity contribution < 1.29 is 18.0 Å². The summed E-state index contributed by atoms with van der Waals surface area (Å²) in [7, 11) is 0. The zero-order valence-electron chi connectivity index (χ0n) is 9.18. The average Bonchev–Trinajstić information content (AvgIpc) is 2.33. The summed E-state index contributed by atoms with van der Waals surface area (Å²) in [5.41, 5.74) is -0.266. The smallest absolute Gasteiger partial charge is 0.194 e. The van der Waals surface area contributed by atoms with Crippen LogP contribution in [-0.2, 0) is 0 Å². The lowest BCUT2D eigenvalue weighted by molar-refractivity contribution is 0.103. The van der Waals surface area contributed by atoms with E-state index >= 15 is 0 Å². The molecule has 0 spiro atoms. The quantitative estimate of drug-likeness (QED) is 0.583. The van der Waals surface area contributed by atoms with Crippen molar-refractivity contribution in [2.45, 2.75) is 0 Å². The van der Waals surface area contributed by atoms with Crippen molar-refractivity contribution >= 4 is 29.0 Å². The normalized spacial score (nSPS) is 10.6. The van der Waals surface area contributed by atoms with Crippen molar-refractivity contribution in [1.82, 2.24) is 0 Å². The summed E-state index contributed by atoms with van der Waals surface area (Å²) in [4.78, 5) is 12.0. The Morgan fingerprint density at radius 1 is 0.789 bits per heavy atom. The zero-order valence-corrected chi connectivity index (χ0v) is 10.7. The second-order valence-electron chi connectivity index (χ2n) is 3.74. The molecule has 2 aromatic rings. The predicted octanol–water partition coefficient (Wildman–Crippen LogP) is 4.64. The summed E-state index contributed by atoms with van der Waals surface area (Å²) in [6, 6.07) is 5.25. The van der Waals surface area contributed by atoms with Crippen molar-refractivity contribution in [1.29, 1.82) is 0 Å². The summed E-state index contributed by atoms with van der Waals surface area (Å²) < 4.78 is 38.9. The lowest BCUT2D eigenvalue weighted by Crippen LogP contribution is -2.04. The highest BCUT2D eigenvalue weighted by molar-refractivity contribution is 6.35. The second-order valence-corrected chi connectivity index (χ2v) is 4.61. The molecule has 0 aromatic heterocycles. The van der Waals surface area contributed by atoms with E-state index in [0.717, 1.165) is 0 Å². The number of carbonyl (C=O) groups is 1. The Kier molecular flexibility index (Phi) is 3.83. The van der Waals surface area contributed by atoms with Gasteiger partial charge in [0.25, 0.3) is 0 Å². The van der Waals surface area contributed by atoms with E-state index in [2.05, 4.69) is 0 Å². The molecule has 19 heavy (non-hydrogen) atoms. The van der Waals surface area contributed by atoms with Crippen LogP contribution < -0.4 is 0 Å². The fourth-order valence-electron chi connectivity index (χ4n) is 1.54. The molecule has 0 unspecified atom stereocenters. The van der Waals surface area contributed by atoms with Gasteiger partial charge in [-0.25, -0.2) is 13.2 Å². The van der Waals surface area contributed by atoms with Crippen LogP contribution >= 0.6 is 23.2 Å². The Morgan fingerprint density at radius 3 is 1.68 bits per heavy atom. The van der Waals surface area contributed by atoms with Crippen molar-refractivity contribution in [3.8, 4) is 0 Å². The highest BCUT2D eigenvalue weighted by Gasteiger charge is 2.17. The highest BCUT2D eigenvalue weighted by Crippen LogP contribution is 2.22. The van der Waals surface area contributed by atoms with Crippen LogP contribution in [0.2, 0.25) is 10.0 Å². The number of hydrogen-bond acceptors (Lipinski definition) is 1. The molecule has 0 bridgehead atoms. The van der Waals surface area contributed by atoms with Crippen LogP contribution in [0.4, 0.5) is 13.2 Å². The molecule has 2 rings (SSSR count). The van der Waals surface area contributed by atoms with Gasteiger partial charge in [-0.2, -0.15) is 0 Å². The van der Waals surface area contributed by atoms with Crippen LogP contribution in [0.3, 0.4) is 0 Å². The molecule has 0 aliphatic heterocycles. The molecule has 2 aromatic carbocycles. The molecule has 0 amide bonds. The molecule has 0 fully saturated rings. The molecule has 0 atom stereocenters. The van der Waals surface area contributed by atoms with E-state index in [9.17, 15) is 18.0 Å². The summed E-state index contributed by atoms with van der Waals surface area (Å²) in [5, 5.41) is 0.415. The fourth-order valence-corrected chi connectivity index (χ4v) is 2.06. The summed E-state index contributed by atoms with van der Waals surface area (Å²) in [5.74, 6) is -5.20. The van der Waals surface area contributed by atoms with Crippen LogP contribution in [-0.4, -0.2) is 5.78 Å². The third-order valence-corrected chi connectivity index (χ3v) is 2.81. The molecule has 0 aliphatic carbocycles. The van der Waals surface area contributed by atoms with Gasteiger partial charge in [-0.3, -0.25) is 4.79 Å². The first-order chi connectivity index (χ1) is 8.88. The van der Waals surface area contributed by atoms with Crippen LogP contribution in [0.1, 0.15) is 15.9 Å². The zero-order chi connectivity index (χ0) is 14.2. The second kappa shape index (κ2) is 5.23. The molecule has 0 saturated carbocycles. The summed E-state index contributed by atoms with van der Waals surface area (Å²) >= 11 is 11.4.